The molecule has 2 heterocycles. The van der Waals surface area contributed by atoms with Gasteiger partial charge in [-0.1, -0.05) is 55.6 Å². The van der Waals surface area contributed by atoms with E-state index in [9.17, 15) is 4.79 Å². The van der Waals surface area contributed by atoms with Crippen molar-refractivity contribution in [1.82, 2.24) is 14.8 Å². The van der Waals surface area contributed by atoms with Crippen LogP contribution in [0.1, 0.15) is 66.0 Å². The molecule has 1 amide bonds. The highest BCUT2D eigenvalue weighted by Crippen LogP contribution is 2.34. The fraction of sp³-hybridized carbons (Fsp3) is 0.382. The van der Waals surface area contributed by atoms with Crippen LogP contribution in [-0.2, 0) is 4.74 Å². The lowest BCUT2D eigenvalue weighted by molar-refractivity contribution is -0.00416. The summed E-state index contributed by atoms with van der Waals surface area (Å²) in [7, 11) is 0. The van der Waals surface area contributed by atoms with E-state index in [0.29, 0.717) is 19.5 Å². The number of aromatic nitrogens is 1. The maximum Gasteiger partial charge on any atom is 0.410 e. The number of allylic oxidation sites excluding steroid dienone is 5. The Balaban J connectivity index is 2.08. The fourth-order valence-corrected chi connectivity index (χ4v) is 5.13. The summed E-state index contributed by atoms with van der Waals surface area (Å²) in [5.41, 5.74) is 6.59. The van der Waals surface area contributed by atoms with Crippen molar-refractivity contribution in [2.75, 3.05) is 13.1 Å². The van der Waals surface area contributed by atoms with E-state index in [1.54, 1.807) is 12.4 Å². The summed E-state index contributed by atoms with van der Waals surface area (Å²) in [6.45, 7) is 23.7. The second kappa shape index (κ2) is 13.4. The summed E-state index contributed by atoms with van der Waals surface area (Å²) < 4.78 is 5.71. The second-order valence-corrected chi connectivity index (χ2v) is 11.3. The third kappa shape index (κ3) is 7.59. The highest BCUT2D eigenvalue weighted by atomic mass is 16.6. The Labute approximate surface area is 240 Å². The summed E-state index contributed by atoms with van der Waals surface area (Å²) in [4.78, 5) is 26.3. The van der Waals surface area contributed by atoms with Gasteiger partial charge in [0.25, 0.3) is 0 Å². The van der Waals surface area contributed by atoms with Crippen molar-refractivity contribution < 1.29 is 9.53 Å². The van der Waals surface area contributed by atoms with Crippen molar-refractivity contribution in [1.29, 1.82) is 0 Å². The van der Waals surface area contributed by atoms with Gasteiger partial charge in [0.05, 0.1) is 5.71 Å². The molecule has 0 bridgehead atoms. The first-order chi connectivity index (χ1) is 19.0. The number of aliphatic imine (C=N–C) groups is 1. The van der Waals surface area contributed by atoms with E-state index in [1.165, 1.54) is 0 Å². The van der Waals surface area contributed by atoms with Crippen LogP contribution in [0, 0.1) is 0 Å². The molecule has 0 unspecified atom stereocenters. The Bertz CT molecular complexity index is 1290. The van der Waals surface area contributed by atoms with Crippen molar-refractivity contribution in [3.8, 4) is 0 Å². The molecule has 1 saturated heterocycles. The Kier molecular flexibility index (Phi) is 10.3. The van der Waals surface area contributed by atoms with E-state index in [0.717, 1.165) is 39.3 Å². The largest absolute Gasteiger partial charge is 0.444 e. The van der Waals surface area contributed by atoms with Crippen molar-refractivity contribution in [2.24, 2.45) is 4.99 Å². The predicted molar refractivity (Wildman–Crippen MR) is 167 cm³/mol. The van der Waals surface area contributed by atoms with Crippen molar-refractivity contribution in [2.45, 2.75) is 72.6 Å². The van der Waals surface area contributed by atoms with Gasteiger partial charge in [0.2, 0.25) is 0 Å². The minimum absolute atomic E-state index is 0.0295. The molecule has 1 fully saturated rings. The third-order valence-electron chi connectivity index (χ3n) is 7.04. The SMILES string of the molecule is C=CN=C(CC(=C)c1cccnc1)C(/C(=C\C)c1ccccc1)=C(\C)N1C[C@@H](C)N(C(=O)OC(C)(C)C)C[C@@H]1C. The molecule has 0 spiro atoms. The molecule has 6 nitrogen and oxygen atoms in total. The Morgan fingerprint density at radius 3 is 2.27 bits per heavy atom. The molecule has 2 atom stereocenters. The van der Waals surface area contributed by atoms with Crippen LogP contribution in [0.5, 0.6) is 0 Å². The third-order valence-corrected chi connectivity index (χ3v) is 7.04. The van der Waals surface area contributed by atoms with Gasteiger partial charge >= 0.3 is 6.09 Å². The number of rotatable bonds is 8. The van der Waals surface area contributed by atoms with Crippen LogP contribution in [0.3, 0.4) is 0 Å². The molecule has 0 aliphatic carbocycles. The number of amides is 1. The maximum absolute atomic E-state index is 13.0. The maximum atomic E-state index is 13.0. The normalized spacial score (nSPS) is 19.2. The lowest BCUT2D eigenvalue weighted by Crippen LogP contribution is -2.58. The highest BCUT2D eigenvalue weighted by Gasteiger charge is 2.36. The average Bonchev–Trinajstić information content (AvgIpc) is 2.92. The molecule has 1 aliphatic rings. The molecule has 1 aliphatic heterocycles. The van der Waals surface area contributed by atoms with E-state index in [-0.39, 0.29) is 18.2 Å². The molecule has 0 N–H and O–H groups in total. The van der Waals surface area contributed by atoms with Gasteiger partial charge < -0.3 is 14.5 Å². The van der Waals surface area contributed by atoms with Crippen LogP contribution in [0.15, 0.2) is 96.6 Å². The standard InChI is InChI=1S/C34H44N4O2/c1-10-30(28-16-13-12-14-17-28)32(31(36-11-2)20-24(3)29-18-15-19-35-21-29)27(6)37-22-26(5)38(23-25(37)4)33(39)40-34(7,8)9/h10-19,21,25-26H,2-3,20,22-23H2,1,4-9H3/b30-10-,32-27+,36-31?/t25-,26+/m0/s1. The van der Waals surface area contributed by atoms with Crippen molar-refractivity contribution in [3.05, 3.63) is 103 Å². The van der Waals surface area contributed by atoms with Crippen LogP contribution in [0.25, 0.3) is 11.1 Å². The molecular formula is C34H44N4O2. The van der Waals surface area contributed by atoms with E-state index in [1.807, 2.05) is 50.1 Å². The van der Waals surface area contributed by atoms with Crippen molar-refractivity contribution >= 4 is 23.0 Å². The predicted octanol–water partition coefficient (Wildman–Crippen LogP) is 7.78. The van der Waals surface area contributed by atoms with E-state index in [4.69, 9.17) is 9.73 Å². The number of piperazine rings is 1. The van der Waals surface area contributed by atoms with E-state index < -0.39 is 5.60 Å². The van der Waals surface area contributed by atoms with Crippen LogP contribution in [0.2, 0.25) is 0 Å². The number of benzene rings is 1. The van der Waals surface area contributed by atoms with Crippen LogP contribution < -0.4 is 0 Å². The van der Waals surface area contributed by atoms with Gasteiger partial charge in [-0.3, -0.25) is 9.98 Å². The van der Waals surface area contributed by atoms with E-state index >= 15 is 0 Å². The zero-order valence-electron chi connectivity index (χ0n) is 25.1. The molecule has 1 aromatic heterocycles. The summed E-state index contributed by atoms with van der Waals surface area (Å²) in [5, 5.41) is 0. The topological polar surface area (TPSA) is 58.0 Å². The lowest BCUT2D eigenvalue weighted by Gasteiger charge is -2.46. The number of hydrogen-bond acceptors (Lipinski definition) is 5. The molecular weight excluding hydrogens is 496 g/mol. The second-order valence-electron chi connectivity index (χ2n) is 11.3. The summed E-state index contributed by atoms with van der Waals surface area (Å²) in [6, 6.07) is 14.3. The van der Waals surface area contributed by atoms with Gasteiger partial charge in [-0.2, -0.15) is 0 Å². The van der Waals surface area contributed by atoms with Gasteiger partial charge in [-0.15, -0.1) is 0 Å². The number of carbonyl (C=O) groups excluding carboxylic acids is 1. The summed E-state index contributed by atoms with van der Waals surface area (Å²) in [5.74, 6) is 0. The molecule has 212 valence electrons. The molecule has 0 saturated carbocycles. The first kappa shape index (κ1) is 30.6. The zero-order valence-corrected chi connectivity index (χ0v) is 25.1. The Morgan fingerprint density at radius 2 is 1.70 bits per heavy atom. The van der Waals surface area contributed by atoms with Crippen LogP contribution >= 0.6 is 0 Å². The minimum atomic E-state index is -0.538. The molecule has 6 heteroatoms. The molecule has 1 aromatic carbocycles. The highest BCUT2D eigenvalue weighted by molar-refractivity contribution is 6.16. The molecule has 3 rings (SSSR count). The lowest BCUT2D eigenvalue weighted by atomic mass is 9.88. The first-order valence-electron chi connectivity index (χ1n) is 13.9. The quantitative estimate of drug-likeness (QED) is 0.253. The number of ether oxygens (including phenoxy) is 1. The van der Waals surface area contributed by atoms with Gasteiger partial charge in [0.1, 0.15) is 5.60 Å². The van der Waals surface area contributed by atoms with Crippen LogP contribution in [-0.4, -0.2) is 57.4 Å². The van der Waals surface area contributed by atoms with Gasteiger partial charge in [-0.25, -0.2) is 4.79 Å². The zero-order chi connectivity index (χ0) is 29.4. The number of nitrogens with zero attached hydrogens (tertiary/aromatic N) is 4. The number of hydrogen-bond donors (Lipinski definition) is 0. The number of carbonyl (C=O) groups is 1. The Hall–Kier alpha value is -3.93. The average molecular weight is 541 g/mol. The molecule has 40 heavy (non-hydrogen) atoms. The fourth-order valence-electron chi connectivity index (χ4n) is 5.13. The summed E-state index contributed by atoms with van der Waals surface area (Å²) >= 11 is 0. The smallest absolute Gasteiger partial charge is 0.410 e. The molecule has 0 radical (unpaired) electrons. The number of pyridine rings is 1. The Morgan fingerprint density at radius 1 is 1.07 bits per heavy atom. The van der Waals surface area contributed by atoms with Crippen LogP contribution in [0.4, 0.5) is 4.79 Å². The van der Waals surface area contributed by atoms with Crippen molar-refractivity contribution in [3.63, 3.8) is 0 Å². The van der Waals surface area contributed by atoms with Gasteiger partial charge in [-0.05, 0) is 76.8 Å². The first-order valence-corrected chi connectivity index (χ1v) is 13.9. The van der Waals surface area contributed by atoms with E-state index in [2.05, 4.69) is 81.1 Å². The minimum Gasteiger partial charge on any atom is -0.444 e. The van der Waals surface area contributed by atoms with Gasteiger partial charge in [0, 0.05) is 61.5 Å². The monoisotopic (exact) mass is 540 g/mol. The molecule has 2 aromatic rings. The van der Waals surface area contributed by atoms with Gasteiger partial charge in [0.15, 0.2) is 0 Å². The summed E-state index contributed by atoms with van der Waals surface area (Å²) in [6.07, 6.45) is 7.61.